The Morgan fingerprint density at radius 3 is 2.57 bits per heavy atom. The third kappa shape index (κ3) is 4.56. The van der Waals surface area contributed by atoms with E-state index in [4.69, 9.17) is 4.42 Å². The van der Waals surface area contributed by atoms with E-state index in [1.54, 1.807) is 0 Å². The van der Waals surface area contributed by atoms with Gasteiger partial charge in [0.15, 0.2) is 6.04 Å². The van der Waals surface area contributed by atoms with E-state index in [2.05, 4.69) is 21.2 Å². The Morgan fingerprint density at radius 2 is 1.96 bits per heavy atom. The van der Waals surface area contributed by atoms with Crippen LogP contribution in [0.2, 0.25) is 0 Å². The number of rotatable bonds is 6. The monoisotopic (exact) mass is 335 g/mol. The average molecular weight is 335 g/mol. The van der Waals surface area contributed by atoms with Crippen LogP contribution in [0, 0.1) is 19.8 Å². The largest absolute Gasteiger partial charge is 0.410 e. The third-order valence-electron chi connectivity index (χ3n) is 3.62. The van der Waals surface area contributed by atoms with Crippen molar-refractivity contribution in [3.8, 4) is 0 Å². The van der Waals surface area contributed by atoms with E-state index in [0.29, 0.717) is 17.0 Å². The van der Waals surface area contributed by atoms with Crippen molar-refractivity contribution in [3.63, 3.8) is 0 Å². The molecule has 2 rings (SSSR count). The molecule has 0 aliphatic heterocycles. The van der Waals surface area contributed by atoms with Crippen molar-refractivity contribution in [3.05, 3.63) is 35.2 Å². The molecule has 124 valence electrons. The number of anilines is 1. The maximum absolute atomic E-state index is 12.1. The lowest BCUT2D eigenvalue weighted by Gasteiger charge is -2.10. The molecular weight excluding hydrogens is 312 g/mol. The number of quaternary nitrogens is 1. The number of aryl methyl sites for hydroxylation is 2. The van der Waals surface area contributed by atoms with E-state index in [0.717, 1.165) is 16.8 Å². The fourth-order valence-electron chi connectivity index (χ4n) is 2.03. The minimum absolute atomic E-state index is 0.0414. The molecule has 1 atom stereocenters. The van der Waals surface area contributed by atoms with Crippen LogP contribution in [0.25, 0.3) is 0 Å². The second-order valence-electron chi connectivity index (χ2n) is 5.86. The van der Waals surface area contributed by atoms with Gasteiger partial charge in [0.25, 0.3) is 11.1 Å². The van der Waals surface area contributed by atoms with E-state index < -0.39 is 0 Å². The van der Waals surface area contributed by atoms with Crippen LogP contribution in [0.4, 0.5) is 5.69 Å². The maximum atomic E-state index is 12.1. The van der Waals surface area contributed by atoms with Gasteiger partial charge in [-0.1, -0.05) is 43.8 Å². The highest BCUT2D eigenvalue weighted by Gasteiger charge is 2.21. The first-order valence-electron chi connectivity index (χ1n) is 7.53. The lowest BCUT2D eigenvalue weighted by atomic mass is 10.1. The van der Waals surface area contributed by atoms with Crippen LogP contribution in [0.3, 0.4) is 0 Å². The molecule has 0 spiro atoms. The Labute approximate surface area is 140 Å². The summed E-state index contributed by atoms with van der Waals surface area (Å²) in [6, 6.07) is 5.87. The number of hydrogen-bond donors (Lipinski definition) is 2. The van der Waals surface area contributed by atoms with Crippen molar-refractivity contribution < 1.29 is 14.9 Å². The first kappa shape index (κ1) is 17.5. The van der Waals surface area contributed by atoms with Crippen LogP contribution in [0.15, 0.2) is 27.8 Å². The molecule has 6 nitrogen and oxygen atoms in total. The van der Waals surface area contributed by atoms with Crippen LogP contribution >= 0.6 is 11.8 Å². The summed E-state index contributed by atoms with van der Waals surface area (Å²) in [4.78, 5) is 12.1. The van der Waals surface area contributed by atoms with Gasteiger partial charge < -0.3 is 15.5 Å². The SMILES string of the molecule is Cc1cccc(C)c1NC(=O)CSc1nnc(C([NH3+])C(C)C)o1. The number of amides is 1. The molecular formula is C16H23N4O2S+. The van der Waals surface area contributed by atoms with Gasteiger partial charge in [-0.3, -0.25) is 4.79 Å². The fraction of sp³-hybridized carbons (Fsp3) is 0.438. The summed E-state index contributed by atoms with van der Waals surface area (Å²) in [5.74, 6) is 0.958. The van der Waals surface area contributed by atoms with Crippen molar-refractivity contribution in [2.75, 3.05) is 11.1 Å². The van der Waals surface area contributed by atoms with Crippen LogP contribution in [0.5, 0.6) is 0 Å². The number of nitrogens with one attached hydrogen (secondary N) is 1. The van der Waals surface area contributed by atoms with Gasteiger partial charge in [-0.25, -0.2) is 0 Å². The van der Waals surface area contributed by atoms with Crippen LogP contribution in [0.1, 0.15) is 36.9 Å². The Morgan fingerprint density at radius 1 is 1.30 bits per heavy atom. The van der Waals surface area contributed by atoms with Gasteiger partial charge in [-0.05, 0) is 25.0 Å². The van der Waals surface area contributed by atoms with Gasteiger partial charge in [-0.15, -0.1) is 10.2 Å². The number of hydrogen-bond acceptors (Lipinski definition) is 5. The molecule has 0 aliphatic carbocycles. The van der Waals surface area contributed by atoms with Crippen LogP contribution in [-0.2, 0) is 4.79 Å². The predicted octanol–water partition coefficient (Wildman–Crippen LogP) is 2.36. The Bertz CT molecular complexity index is 664. The smallest absolute Gasteiger partial charge is 0.277 e. The summed E-state index contributed by atoms with van der Waals surface area (Å²) in [7, 11) is 0. The van der Waals surface area contributed by atoms with Gasteiger partial charge in [0.2, 0.25) is 5.91 Å². The quantitative estimate of drug-likeness (QED) is 0.790. The lowest BCUT2D eigenvalue weighted by Crippen LogP contribution is -2.56. The Kier molecular flexibility index (Phi) is 5.79. The highest BCUT2D eigenvalue weighted by atomic mass is 32.2. The topological polar surface area (TPSA) is 95.7 Å². The molecule has 1 unspecified atom stereocenters. The normalized spacial score (nSPS) is 12.4. The zero-order valence-electron chi connectivity index (χ0n) is 13.9. The second kappa shape index (κ2) is 7.61. The molecule has 1 amide bonds. The van der Waals surface area contributed by atoms with E-state index in [1.807, 2.05) is 45.9 Å². The fourth-order valence-corrected chi connectivity index (χ4v) is 2.60. The van der Waals surface area contributed by atoms with E-state index in [9.17, 15) is 4.79 Å². The van der Waals surface area contributed by atoms with Crippen molar-refractivity contribution in [2.45, 2.75) is 39.0 Å². The Balaban J connectivity index is 1.92. The van der Waals surface area contributed by atoms with E-state index in [-0.39, 0.29) is 17.7 Å². The highest BCUT2D eigenvalue weighted by Crippen LogP contribution is 2.23. The predicted molar refractivity (Wildman–Crippen MR) is 90.0 cm³/mol. The molecule has 0 aliphatic rings. The van der Waals surface area contributed by atoms with Gasteiger partial charge in [0, 0.05) is 11.6 Å². The summed E-state index contributed by atoms with van der Waals surface area (Å²) in [6.45, 7) is 8.04. The minimum Gasteiger partial charge on any atom is -0.410 e. The standard InChI is InChI=1S/C16H22N4O2S/c1-9(2)13(17)15-19-20-16(22-15)23-8-12(21)18-14-10(3)6-5-7-11(14)4/h5-7,9,13H,8,17H2,1-4H3,(H,18,21)/p+1. The zero-order valence-corrected chi connectivity index (χ0v) is 14.7. The third-order valence-corrected chi connectivity index (χ3v) is 4.43. The summed E-state index contributed by atoms with van der Waals surface area (Å²) in [5, 5.41) is 11.3. The van der Waals surface area contributed by atoms with Crippen molar-refractivity contribution >= 4 is 23.4 Å². The molecule has 4 N–H and O–H groups in total. The zero-order chi connectivity index (χ0) is 17.0. The molecule has 1 aromatic carbocycles. The molecule has 0 saturated carbocycles. The van der Waals surface area contributed by atoms with Gasteiger partial charge >= 0.3 is 0 Å². The van der Waals surface area contributed by atoms with E-state index >= 15 is 0 Å². The van der Waals surface area contributed by atoms with Gasteiger partial charge in [0.1, 0.15) is 0 Å². The highest BCUT2D eigenvalue weighted by molar-refractivity contribution is 7.99. The van der Waals surface area contributed by atoms with Crippen molar-refractivity contribution in [1.82, 2.24) is 10.2 Å². The van der Waals surface area contributed by atoms with Crippen LogP contribution in [-0.4, -0.2) is 21.9 Å². The number of thioether (sulfide) groups is 1. The van der Waals surface area contributed by atoms with Gasteiger partial charge in [0.05, 0.1) is 5.75 Å². The number of aromatic nitrogens is 2. The summed E-state index contributed by atoms with van der Waals surface area (Å²) in [6.07, 6.45) is 0. The summed E-state index contributed by atoms with van der Waals surface area (Å²) < 4.78 is 5.55. The van der Waals surface area contributed by atoms with Crippen molar-refractivity contribution in [2.24, 2.45) is 5.92 Å². The molecule has 2 aromatic rings. The molecule has 7 heteroatoms. The van der Waals surface area contributed by atoms with Gasteiger partial charge in [-0.2, -0.15) is 0 Å². The summed E-state index contributed by atoms with van der Waals surface area (Å²) in [5.41, 5.74) is 6.95. The Hall–Kier alpha value is -1.86. The molecule has 1 heterocycles. The lowest BCUT2D eigenvalue weighted by molar-refractivity contribution is -0.443. The number of para-hydroxylation sites is 1. The maximum Gasteiger partial charge on any atom is 0.277 e. The molecule has 0 saturated heterocycles. The first-order chi connectivity index (χ1) is 10.9. The molecule has 0 radical (unpaired) electrons. The van der Waals surface area contributed by atoms with Crippen LogP contribution < -0.4 is 11.1 Å². The average Bonchev–Trinajstić information content (AvgIpc) is 2.97. The molecule has 0 fully saturated rings. The second-order valence-corrected chi connectivity index (χ2v) is 6.79. The number of nitrogens with zero attached hydrogens (tertiary/aromatic N) is 2. The summed E-state index contributed by atoms with van der Waals surface area (Å²) >= 11 is 1.23. The van der Waals surface area contributed by atoms with Crippen molar-refractivity contribution in [1.29, 1.82) is 0 Å². The van der Waals surface area contributed by atoms with E-state index in [1.165, 1.54) is 11.8 Å². The molecule has 23 heavy (non-hydrogen) atoms. The molecule has 1 aromatic heterocycles. The first-order valence-corrected chi connectivity index (χ1v) is 8.52. The number of carbonyl (C=O) groups is 1. The number of benzene rings is 1. The number of carbonyl (C=O) groups excluding carboxylic acids is 1. The molecule has 0 bridgehead atoms. The minimum atomic E-state index is -0.0952.